The minimum absolute atomic E-state index is 0.702. The molecule has 0 bridgehead atoms. The maximum absolute atomic E-state index is 3.08. The smallest absolute Gasteiger partial charge is 0.0131 e. The molecule has 1 atom stereocenters. The van der Waals surface area contributed by atoms with Crippen LogP contribution >= 0.6 is 0 Å². The van der Waals surface area contributed by atoms with Gasteiger partial charge in [-0.3, -0.25) is 0 Å². The molecular formula is C9H19N. The van der Waals surface area contributed by atoms with Crippen LogP contribution in [0.2, 0.25) is 0 Å². The summed E-state index contributed by atoms with van der Waals surface area (Å²) in [6.45, 7) is 7.72. The fourth-order valence-electron chi connectivity index (χ4n) is 0.623. The predicted octanol–water partition coefficient (Wildman–Crippen LogP) is 2.05. The van der Waals surface area contributed by atoms with E-state index >= 15 is 0 Å². The average Bonchev–Trinajstić information content (AvgIpc) is 1.88. The van der Waals surface area contributed by atoms with Gasteiger partial charge in [0.05, 0.1) is 0 Å². The van der Waals surface area contributed by atoms with Gasteiger partial charge in [-0.1, -0.05) is 32.9 Å². The summed E-state index contributed by atoms with van der Waals surface area (Å²) in [5.41, 5.74) is 0. The molecule has 0 spiro atoms. The summed E-state index contributed by atoms with van der Waals surface area (Å²) < 4.78 is 0. The molecule has 60 valence electrons. The molecule has 1 nitrogen and oxygen atoms in total. The van der Waals surface area contributed by atoms with Crippen molar-refractivity contribution >= 4 is 0 Å². The van der Waals surface area contributed by atoms with E-state index in [1.807, 2.05) is 7.05 Å². The Balaban J connectivity index is 3.45. The molecule has 0 fully saturated rings. The Labute approximate surface area is 64.5 Å². The lowest BCUT2D eigenvalue weighted by Gasteiger charge is -2.09. The van der Waals surface area contributed by atoms with E-state index in [1.54, 1.807) is 0 Å². The Morgan fingerprint density at radius 2 is 1.90 bits per heavy atom. The molecule has 0 aliphatic carbocycles. The predicted molar refractivity (Wildman–Crippen MR) is 47.1 cm³/mol. The number of hydrogen-bond acceptors (Lipinski definition) is 1. The van der Waals surface area contributed by atoms with Crippen LogP contribution in [0.15, 0.2) is 12.2 Å². The van der Waals surface area contributed by atoms with Gasteiger partial charge in [0.2, 0.25) is 0 Å². The van der Waals surface area contributed by atoms with Crippen molar-refractivity contribution in [1.82, 2.24) is 5.32 Å². The van der Waals surface area contributed by atoms with Gasteiger partial charge in [-0.05, 0) is 18.9 Å². The van der Waals surface area contributed by atoms with Crippen molar-refractivity contribution in [2.75, 3.05) is 13.6 Å². The van der Waals surface area contributed by atoms with Crippen LogP contribution in [0.3, 0.4) is 0 Å². The van der Waals surface area contributed by atoms with Crippen LogP contribution < -0.4 is 5.32 Å². The average molecular weight is 141 g/mol. The van der Waals surface area contributed by atoms with Gasteiger partial charge >= 0.3 is 0 Å². The van der Waals surface area contributed by atoms with Crippen LogP contribution in [0.5, 0.6) is 0 Å². The van der Waals surface area contributed by atoms with E-state index in [1.165, 1.54) is 0 Å². The number of likely N-dealkylation sites (N-methyl/N-ethyl adjacent to an activating group) is 1. The molecule has 0 radical (unpaired) electrons. The Morgan fingerprint density at radius 1 is 1.30 bits per heavy atom. The van der Waals surface area contributed by atoms with Crippen molar-refractivity contribution in [2.24, 2.45) is 11.8 Å². The zero-order chi connectivity index (χ0) is 7.98. The van der Waals surface area contributed by atoms with Crippen LogP contribution in [0.4, 0.5) is 0 Å². The monoisotopic (exact) mass is 141 g/mol. The fourth-order valence-corrected chi connectivity index (χ4v) is 0.623. The molecule has 0 unspecified atom stereocenters. The zero-order valence-electron chi connectivity index (χ0n) is 7.52. The van der Waals surface area contributed by atoms with Gasteiger partial charge in [-0.25, -0.2) is 0 Å². The lowest BCUT2D eigenvalue weighted by molar-refractivity contribution is 0.503. The van der Waals surface area contributed by atoms with E-state index in [-0.39, 0.29) is 0 Å². The third-order valence-corrected chi connectivity index (χ3v) is 1.81. The van der Waals surface area contributed by atoms with Crippen LogP contribution in [0.1, 0.15) is 20.8 Å². The fraction of sp³-hybridized carbons (Fsp3) is 0.778. The summed E-state index contributed by atoms with van der Waals surface area (Å²) in [6, 6.07) is 0. The highest BCUT2D eigenvalue weighted by Crippen LogP contribution is 2.09. The van der Waals surface area contributed by atoms with E-state index in [9.17, 15) is 0 Å². The first kappa shape index (κ1) is 9.70. The molecule has 0 saturated carbocycles. The Kier molecular flexibility index (Phi) is 5.32. The van der Waals surface area contributed by atoms with Gasteiger partial charge in [-0.15, -0.1) is 0 Å². The van der Waals surface area contributed by atoms with Crippen molar-refractivity contribution in [3.63, 3.8) is 0 Å². The Morgan fingerprint density at radius 3 is 2.30 bits per heavy atom. The first-order valence-corrected chi connectivity index (χ1v) is 3.99. The Bertz CT molecular complexity index is 94.9. The van der Waals surface area contributed by atoms with Crippen LogP contribution in [0.25, 0.3) is 0 Å². The van der Waals surface area contributed by atoms with Gasteiger partial charge < -0.3 is 5.32 Å². The standard InChI is InChI=1S/C9H19N/c1-8(2)9(3)6-5-7-10-4/h5-6,8-10H,7H2,1-4H3/b6-5+/t9-/m1/s1. The molecule has 0 aliphatic heterocycles. The van der Waals surface area contributed by atoms with Crippen LogP contribution in [-0.4, -0.2) is 13.6 Å². The highest BCUT2D eigenvalue weighted by atomic mass is 14.8. The topological polar surface area (TPSA) is 12.0 Å². The van der Waals surface area contributed by atoms with Gasteiger partial charge in [0.1, 0.15) is 0 Å². The second-order valence-corrected chi connectivity index (χ2v) is 3.09. The molecule has 0 aromatic rings. The number of allylic oxidation sites excluding steroid dienone is 1. The van der Waals surface area contributed by atoms with Gasteiger partial charge in [0.15, 0.2) is 0 Å². The molecule has 0 aliphatic rings. The first-order chi connectivity index (χ1) is 4.68. The summed E-state index contributed by atoms with van der Waals surface area (Å²) in [5.74, 6) is 1.46. The highest BCUT2D eigenvalue weighted by molar-refractivity contribution is 4.88. The van der Waals surface area contributed by atoms with E-state index in [2.05, 4.69) is 38.2 Å². The summed E-state index contributed by atoms with van der Waals surface area (Å²) >= 11 is 0. The zero-order valence-corrected chi connectivity index (χ0v) is 7.52. The summed E-state index contributed by atoms with van der Waals surface area (Å²) in [6.07, 6.45) is 4.45. The molecule has 0 saturated heterocycles. The number of hydrogen-bond donors (Lipinski definition) is 1. The third-order valence-electron chi connectivity index (χ3n) is 1.81. The molecule has 1 heteroatoms. The molecule has 0 aromatic heterocycles. The molecule has 0 rings (SSSR count). The minimum atomic E-state index is 0.702. The number of rotatable bonds is 4. The van der Waals surface area contributed by atoms with Gasteiger partial charge in [0.25, 0.3) is 0 Å². The lowest BCUT2D eigenvalue weighted by atomic mass is 9.98. The van der Waals surface area contributed by atoms with E-state index in [0.29, 0.717) is 5.92 Å². The highest BCUT2D eigenvalue weighted by Gasteiger charge is 2.00. The van der Waals surface area contributed by atoms with E-state index < -0.39 is 0 Å². The second kappa shape index (κ2) is 5.48. The molecule has 0 aromatic carbocycles. The molecule has 1 N–H and O–H groups in total. The normalized spacial score (nSPS) is 14.9. The molecule has 0 heterocycles. The van der Waals surface area contributed by atoms with Crippen molar-refractivity contribution in [1.29, 1.82) is 0 Å². The summed E-state index contributed by atoms with van der Waals surface area (Å²) in [7, 11) is 1.96. The number of nitrogens with one attached hydrogen (secondary N) is 1. The summed E-state index contributed by atoms with van der Waals surface area (Å²) in [4.78, 5) is 0. The van der Waals surface area contributed by atoms with Crippen molar-refractivity contribution in [3.8, 4) is 0 Å². The maximum atomic E-state index is 3.08. The van der Waals surface area contributed by atoms with E-state index in [0.717, 1.165) is 12.5 Å². The largest absolute Gasteiger partial charge is 0.316 e. The molecule has 10 heavy (non-hydrogen) atoms. The second-order valence-electron chi connectivity index (χ2n) is 3.09. The van der Waals surface area contributed by atoms with Gasteiger partial charge in [-0.2, -0.15) is 0 Å². The van der Waals surface area contributed by atoms with Crippen LogP contribution in [-0.2, 0) is 0 Å². The molecular weight excluding hydrogens is 122 g/mol. The summed E-state index contributed by atoms with van der Waals surface area (Å²) in [5, 5.41) is 3.08. The minimum Gasteiger partial charge on any atom is -0.316 e. The Hall–Kier alpha value is -0.300. The lowest BCUT2D eigenvalue weighted by Crippen LogP contribution is -2.06. The quantitative estimate of drug-likeness (QED) is 0.591. The van der Waals surface area contributed by atoms with E-state index in [4.69, 9.17) is 0 Å². The first-order valence-electron chi connectivity index (χ1n) is 3.99. The third kappa shape index (κ3) is 4.57. The maximum Gasteiger partial charge on any atom is 0.0131 e. The molecule has 0 amide bonds. The van der Waals surface area contributed by atoms with Crippen molar-refractivity contribution in [3.05, 3.63) is 12.2 Å². The van der Waals surface area contributed by atoms with Gasteiger partial charge in [0, 0.05) is 6.54 Å². The SMILES string of the molecule is CNC/C=C/[C@@H](C)C(C)C. The van der Waals surface area contributed by atoms with Crippen molar-refractivity contribution < 1.29 is 0 Å². The van der Waals surface area contributed by atoms with Crippen molar-refractivity contribution in [2.45, 2.75) is 20.8 Å². The van der Waals surface area contributed by atoms with Crippen LogP contribution in [0, 0.1) is 11.8 Å².